The van der Waals surface area contributed by atoms with Gasteiger partial charge in [0.15, 0.2) is 6.61 Å². The molecule has 9 heteroatoms. The Morgan fingerprint density at radius 2 is 1.89 bits per heavy atom. The number of esters is 1. The number of ether oxygens (including phenoxy) is 1. The minimum Gasteiger partial charge on any atom is -0.454 e. The van der Waals surface area contributed by atoms with Crippen molar-refractivity contribution < 1.29 is 24.0 Å². The van der Waals surface area contributed by atoms with Crippen molar-refractivity contribution in [2.24, 2.45) is 5.92 Å². The van der Waals surface area contributed by atoms with Gasteiger partial charge in [0.1, 0.15) is 6.54 Å². The van der Waals surface area contributed by atoms with Gasteiger partial charge in [0.25, 0.3) is 17.5 Å². The van der Waals surface area contributed by atoms with Crippen molar-refractivity contribution in [2.45, 2.75) is 46.1 Å². The van der Waals surface area contributed by atoms with Gasteiger partial charge in [-0.15, -0.1) is 0 Å². The number of amides is 2. The highest BCUT2D eigenvalue weighted by atomic mass is 16.6. The lowest BCUT2D eigenvalue weighted by atomic mass is 10.0. The predicted octanol–water partition coefficient (Wildman–Crippen LogP) is 2.20. The molecule has 2 N–H and O–H groups in total. The van der Waals surface area contributed by atoms with Crippen LogP contribution in [0.1, 0.15) is 50.4 Å². The van der Waals surface area contributed by atoms with E-state index in [4.69, 9.17) is 4.74 Å². The zero-order chi connectivity index (χ0) is 21.1. The number of rotatable bonds is 11. The van der Waals surface area contributed by atoms with Crippen LogP contribution in [0.4, 0.5) is 5.69 Å². The SMILES string of the molecule is CC(C)CCCC(C)NC(=O)COC(=O)CNC(=O)c1cccc([N+](=O)[O-])c1. The van der Waals surface area contributed by atoms with E-state index in [9.17, 15) is 24.5 Å². The van der Waals surface area contributed by atoms with Crippen LogP contribution < -0.4 is 10.6 Å². The van der Waals surface area contributed by atoms with Gasteiger partial charge in [0.05, 0.1) is 4.92 Å². The van der Waals surface area contributed by atoms with E-state index in [1.807, 2.05) is 6.92 Å². The third-order valence-electron chi connectivity index (χ3n) is 3.90. The number of non-ortho nitro benzene ring substituents is 1. The van der Waals surface area contributed by atoms with E-state index >= 15 is 0 Å². The molecule has 0 fully saturated rings. The summed E-state index contributed by atoms with van der Waals surface area (Å²) in [5.41, 5.74) is -0.177. The van der Waals surface area contributed by atoms with Crippen LogP contribution in [0.5, 0.6) is 0 Å². The van der Waals surface area contributed by atoms with E-state index in [-0.39, 0.29) is 17.3 Å². The van der Waals surface area contributed by atoms with Gasteiger partial charge >= 0.3 is 5.97 Å². The standard InChI is InChI=1S/C19H27N3O6/c1-13(2)6-4-7-14(3)21-17(23)12-28-18(24)11-20-19(25)15-8-5-9-16(10-15)22(26)27/h5,8-10,13-14H,4,6-7,11-12H2,1-3H3,(H,20,25)(H,21,23). The van der Waals surface area contributed by atoms with Crippen molar-refractivity contribution in [1.29, 1.82) is 0 Å². The Kier molecular flexibility index (Phi) is 9.63. The summed E-state index contributed by atoms with van der Waals surface area (Å²) >= 11 is 0. The lowest BCUT2D eigenvalue weighted by molar-refractivity contribution is -0.384. The molecule has 9 nitrogen and oxygen atoms in total. The van der Waals surface area contributed by atoms with Gasteiger partial charge in [-0.25, -0.2) is 0 Å². The first-order valence-corrected chi connectivity index (χ1v) is 9.16. The molecule has 0 saturated heterocycles. The topological polar surface area (TPSA) is 128 Å². The first kappa shape index (κ1) is 23.1. The molecule has 1 aromatic rings. The van der Waals surface area contributed by atoms with E-state index in [0.29, 0.717) is 5.92 Å². The second kappa shape index (κ2) is 11.7. The Balaban J connectivity index is 2.31. The lowest BCUT2D eigenvalue weighted by Gasteiger charge is -2.14. The smallest absolute Gasteiger partial charge is 0.325 e. The van der Waals surface area contributed by atoms with Crippen LogP contribution in [0, 0.1) is 16.0 Å². The number of carbonyl (C=O) groups excluding carboxylic acids is 3. The molecular formula is C19H27N3O6. The second-order valence-electron chi connectivity index (χ2n) is 6.94. The van der Waals surface area contributed by atoms with E-state index in [2.05, 4.69) is 24.5 Å². The zero-order valence-electron chi connectivity index (χ0n) is 16.4. The molecule has 1 aromatic carbocycles. The van der Waals surface area contributed by atoms with Crippen molar-refractivity contribution in [3.05, 3.63) is 39.9 Å². The minimum atomic E-state index is -0.776. The van der Waals surface area contributed by atoms with Gasteiger partial charge in [-0.1, -0.05) is 32.8 Å². The molecule has 0 aliphatic rings. The number of hydrogen-bond donors (Lipinski definition) is 2. The molecule has 28 heavy (non-hydrogen) atoms. The molecule has 1 rings (SSSR count). The van der Waals surface area contributed by atoms with Crippen molar-refractivity contribution in [2.75, 3.05) is 13.2 Å². The van der Waals surface area contributed by atoms with Crippen LogP contribution in [-0.2, 0) is 14.3 Å². The number of carbonyl (C=O) groups is 3. The highest BCUT2D eigenvalue weighted by Gasteiger charge is 2.14. The summed E-state index contributed by atoms with van der Waals surface area (Å²) in [4.78, 5) is 45.5. The van der Waals surface area contributed by atoms with Crippen molar-refractivity contribution in [1.82, 2.24) is 10.6 Å². The van der Waals surface area contributed by atoms with Crippen LogP contribution in [0.15, 0.2) is 24.3 Å². The van der Waals surface area contributed by atoms with Gasteiger partial charge in [0.2, 0.25) is 0 Å². The average Bonchev–Trinajstić information content (AvgIpc) is 2.64. The fourth-order valence-electron chi connectivity index (χ4n) is 2.43. The Bertz CT molecular complexity index is 705. The molecular weight excluding hydrogens is 366 g/mol. The van der Waals surface area contributed by atoms with Crippen LogP contribution in [0.2, 0.25) is 0 Å². The lowest BCUT2D eigenvalue weighted by Crippen LogP contribution is -2.37. The highest BCUT2D eigenvalue weighted by molar-refractivity contribution is 5.96. The van der Waals surface area contributed by atoms with E-state index in [1.165, 1.54) is 18.2 Å². The summed E-state index contributed by atoms with van der Waals surface area (Å²) in [5.74, 6) is -1.22. The molecule has 1 atom stereocenters. The van der Waals surface area contributed by atoms with Gasteiger partial charge in [-0.2, -0.15) is 0 Å². The predicted molar refractivity (Wildman–Crippen MR) is 103 cm³/mol. The molecule has 0 radical (unpaired) electrons. The molecule has 0 aliphatic heterocycles. The summed E-state index contributed by atoms with van der Waals surface area (Å²) in [7, 11) is 0. The molecule has 154 valence electrons. The van der Waals surface area contributed by atoms with Crippen molar-refractivity contribution in [3.8, 4) is 0 Å². The molecule has 1 unspecified atom stereocenters. The zero-order valence-corrected chi connectivity index (χ0v) is 16.4. The minimum absolute atomic E-state index is 0.0153. The van der Waals surface area contributed by atoms with E-state index < -0.39 is 35.9 Å². The van der Waals surface area contributed by atoms with Crippen LogP contribution in [0.25, 0.3) is 0 Å². The summed E-state index contributed by atoms with van der Waals surface area (Å²) in [6.45, 7) is 5.29. The molecule has 0 bridgehead atoms. The largest absolute Gasteiger partial charge is 0.454 e. The molecule has 0 aromatic heterocycles. The summed E-state index contributed by atoms with van der Waals surface area (Å²) in [6, 6.07) is 5.11. The number of nitrogens with one attached hydrogen (secondary N) is 2. The molecule has 2 amide bonds. The number of benzene rings is 1. The van der Waals surface area contributed by atoms with Gasteiger partial charge in [0, 0.05) is 23.7 Å². The first-order chi connectivity index (χ1) is 13.2. The van der Waals surface area contributed by atoms with E-state index in [0.717, 1.165) is 25.3 Å². The normalized spacial score (nSPS) is 11.6. The first-order valence-electron chi connectivity index (χ1n) is 9.16. The maximum Gasteiger partial charge on any atom is 0.325 e. The molecule has 0 aliphatic carbocycles. The Morgan fingerprint density at radius 1 is 1.18 bits per heavy atom. The summed E-state index contributed by atoms with van der Waals surface area (Å²) in [5, 5.41) is 15.8. The summed E-state index contributed by atoms with van der Waals surface area (Å²) < 4.78 is 4.82. The Morgan fingerprint density at radius 3 is 2.54 bits per heavy atom. The van der Waals surface area contributed by atoms with Gasteiger partial charge in [-0.3, -0.25) is 24.5 Å². The van der Waals surface area contributed by atoms with Crippen molar-refractivity contribution in [3.63, 3.8) is 0 Å². The van der Waals surface area contributed by atoms with Gasteiger partial charge < -0.3 is 15.4 Å². The van der Waals surface area contributed by atoms with Crippen LogP contribution in [-0.4, -0.2) is 41.9 Å². The average molecular weight is 393 g/mol. The number of nitro groups is 1. The fourth-order valence-corrected chi connectivity index (χ4v) is 2.43. The number of hydrogen-bond acceptors (Lipinski definition) is 6. The maximum atomic E-state index is 11.9. The fraction of sp³-hybridized carbons (Fsp3) is 0.526. The quantitative estimate of drug-likeness (QED) is 0.337. The maximum absolute atomic E-state index is 11.9. The van der Waals surface area contributed by atoms with Crippen LogP contribution in [0.3, 0.4) is 0 Å². The van der Waals surface area contributed by atoms with E-state index in [1.54, 1.807) is 0 Å². The number of nitrogens with zero attached hydrogens (tertiary/aromatic N) is 1. The Hall–Kier alpha value is -2.97. The molecule has 0 heterocycles. The number of nitro benzene ring substituents is 1. The highest BCUT2D eigenvalue weighted by Crippen LogP contribution is 2.12. The molecule has 0 spiro atoms. The molecule has 0 saturated carbocycles. The third kappa shape index (κ3) is 9.11. The monoisotopic (exact) mass is 393 g/mol. The third-order valence-corrected chi connectivity index (χ3v) is 3.90. The second-order valence-corrected chi connectivity index (χ2v) is 6.94. The van der Waals surface area contributed by atoms with Gasteiger partial charge in [-0.05, 0) is 25.3 Å². The van der Waals surface area contributed by atoms with Crippen molar-refractivity contribution >= 4 is 23.5 Å². The van der Waals surface area contributed by atoms with Crippen LogP contribution >= 0.6 is 0 Å². The summed E-state index contributed by atoms with van der Waals surface area (Å²) in [6.07, 6.45) is 2.93. The Labute approximate surface area is 164 Å².